The fourth-order valence-corrected chi connectivity index (χ4v) is 1.50. The Hall–Kier alpha value is -0.610. The molecule has 16 heavy (non-hydrogen) atoms. The maximum Gasteiger partial charge on any atom is 0.220 e. The Morgan fingerprint density at radius 1 is 1.38 bits per heavy atom. The minimum atomic E-state index is 0.126. The van der Waals surface area contributed by atoms with Crippen molar-refractivity contribution in [1.29, 1.82) is 0 Å². The third-order valence-corrected chi connectivity index (χ3v) is 2.70. The van der Waals surface area contributed by atoms with E-state index in [4.69, 9.17) is 10.5 Å². The molecular formula is C12H26N2O2. The number of amides is 1. The zero-order valence-electron chi connectivity index (χ0n) is 10.8. The van der Waals surface area contributed by atoms with E-state index >= 15 is 0 Å². The summed E-state index contributed by atoms with van der Waals surface area (Å²) in [6, 6.07) is 0. The summed E-state index contributed by atoms with van der Waals surface area (Å²) in [7, 11) is 1.66. The van der Waals surface area contributed by atoms with Gasteiger partial charge in [-0.15, -0.1) is 0 Å². The van der Waals surface area contributed by atoms with E-state index < -0.39 is 0 Å². The lowest BCUT2D eigenvalue weighted by atomic mass is 9.84. The lowest BCUT2D eigenvalue weighted by molar-refractivity contribution is -0.121. The van der Waals surface area contributed by atoms with Crippen LogP contribution in [0.5, 0.6) is 0 Å². The smallest absolute Gasteiger partial charge is 0.220 e. The lowest BCUT2D eigenvalue weighted by Crippen LogP contribution is -2.27. The molecule has 0 atom stereocenters. The highest BCUT2D eigenvalue weighted by Crippen LogP contribution is 2.25. The van der Waals surface area contributed by atoms with E-state index in [-0.39, 0.29) is 11.3 Å². The van der Waals surface area contributed by atoms with Crippen LogP contribution in [-0.2, 0) is 9.53 Å². The van der Waals surface area contributed by atoms with Crippen LogP contribution >= 0.6 is 0 Å². The van der Waals surface area contributed by atoms with Crippen molar-refractivity contribution in [2.45, 2.75) is 39.5 Å². The number of ether oxygens (including phenoxy) is 1. The van der Waals surface area contributed by atoms with Gasteiger partial charge in [0.25, 0.3) is 0 Å². The Labute approximate surface area is 98.9 Å². The number of hydrogen-bond donors (Lipinski definition) is 2. The van der Waals surface area contributed by atoms with Crippen LogP contribution in [0.15, 0.2) is 0 Å². The molecule has 0 aliphatic carbocycles. The molecule has 0 fully saturated rings. The largest absolute Gasteiger partial charge is 0.385 e. The molecule has 0 unspecified atom stereocenters. The molecular weight excluding hydrogens is 204 g/mol. The SMILES string of the molecule is COCCCNC(=O)CCC(C)(C)CCN. The molecule has 0 radical (unpaired) electrons. The monoisotopic (exact) mass is 230 g/mol. The van der Waals surface area contributed by atoms with Crippen LogP contribution < -0.4 is 11.1 Å². The minimum absolute atomic E-state index is 0.126. The van der Waals surface area contributed by atoms with Gasteiger partial charge in [-0.1, -0.05) is 13.8 Å². The van der Waals surface area contributed by atoms with Crippen molar-refractivity contribution in [2.24, 2.45) is 11.1 Å². The molecule has 0 aliphatic heterocycles. The van der Waals surface area contributed by atoms with Crippen LogP contribution in [0.1, 0.15) is 39.5 Å². The van der Waals surface area contributed by atoms with Gasteiger partial charge in [-0.3, -0.25) is 4.79 Å². The molecule has 1 amide bonds. The first kappa shape index (κ1) is 15.4. The van der Waals surface area contributed by atoms with Crippen molar-refractivity contribution in [2.75, 3.05) is 26.8 Å². The summed E-state index contributed by atoms with van der Waals surface area (Å²) in [6.45, 7) is 6.38. The number of hydrogen-bond acceptors (Lipinski definition) is 3. The van der Waals surface area contributed by atoms with Gasteiger partial charge in [0.1, 0.15) is 0 Å². The maximum atomic E-state index is 11.5. The quantitative estimate of drug-likeness (QED) is 0.587. The van der Waals surface area contributed by atoms with Crippen molar-refractivity contribution in [3.8, 4) is 0 Å². The number of nitrogens with one attached hydrogen (secondary N) is 1. The Morgan fingerprint density at radius 2 is 2.06 bits per heavy atom. The second kappa shape index (κ2) is 8.53. The lowest BCUT2D eigenvalue weighted by Gasteiger charge is -2.23. The van der Waals surface area contributed by atoms with Gasteiger partial charge in [0, 0.05) is 26.7 Å². The molecule has 0 saturated carbocycles. The van der Waals surface area contributed by atoms with Crippen molar-refractivity contribution in [3.63, 3.8) is 0 Å². The molecule has 0 heterocycles. The van der Waals surface area contributed by atoms with E-state index in [0.717, 1.165) is 19.3 Å². The fraction of sp³-hybridized carbons (Fsp3) is 0.917. The molecule has 0 rings (SSSR count). The first-order valence-corrected chi connectivity index (χ1v) is 5.97. The van der Waals surface area contributed by atoms with Gasteiger partial charge in [-0.25, -0.2) is 0 Å². The molecule has 0 spiro atoms. The van der Waals surface area contributed by atoms with Crippen LogP contribution in [0.25, 0.3) is 0 Å². The van der Waals surface area contributed by atoms with E-state index in [1.807, 2.05) is 0 Å². The van der Waals surface area contributed by atoms with Gasteiger partial charge in [0.15, 0.2) is 0 Å². The molecule has 0 aromatic carbocycles. The molecule has 4 heteroatoms. The average Bonchev–Trinajstić information content (AvgIpc) is 2.22. The average molecular weight is 230 g/mol. The molecule has 0 aromatic heterocycles. The Morgan fingerprint density at radius 3 is 2.62 bits per heavy atom. The van der Waals surface area contributed by atoms with Crippen LogP contribution in [0.4, 0.5) is 0 Å². The molecule has 0 aromatic rings. The van der Waals surface area contributed by atoms with Gasteiger partial charge in [0.2, 0.25) is 5.91 Å². The second-order valence-corrected chi connectivity index (χ2v) is 4.90. The number of carbonyl (C=O) groups excluding carboxylic acids is 1. The van der Waals surface area contributed by atoms with Gasteiger partial charge in [0.05, 0.1) is 0 Å². The van der Waals surface area contributed by atoms with Crippen molar-refractivity contribution in [3.05, 3.63) is 0 Å². The van der Waals surface area contributed by atoms with E-state index in [1.165, 1.54) is 0 Å². The highest BCUT2D eigenvalue weighted by Gasteiger charge is 2.17. The topological polar surface area (TPSA) is 64.3 Å². The summed E-state index contributed by atoms with van der Waals surface area (Å²) in [5.74, 6) is 0.126. The van der Waals surface area contributed by atoms with Crippen molar-refractivity contribution < 1.29 is 9.53 Å². The minimum Gasteiger partial charge on any atom is -0.385 e. The van der Waals surface area contributed by atoms with Gasteiger partial charge < -0.3 is 15.8 Å². The Kier molecular flexibility index (Phi) is 8.21. The van der Waals surface area contributed by atoms with Gasteiger partial charge in [-0.05, 0) is 31.2 Å². The van der Waals surface area contributed by atoms with Gasteiger partial charge in [-0.2, -0.15) is 0 Å². The van der Waals surface area contributed by atoms with Crippen LogP contribution in [0.2, 0.25) is 0 Å². The normalized spacial score (nSPS) is 11.5. The molecule has 4 nitrogen and oxygen atoms in total. The summed E-state index contributed by atoms with van der Waals surface area (Å²) in [5, 5.41) is 2.88. The van der Waals surface area contributed by atoms with Crippen LogP contribution in [-0.4, -0.2) is 32.7 Å². The first-order chi connectivity index (χ1) is 7.52. The second-order valence-electron chi connectivity index (χ2n) is 4.90. The molecule has 96 valence electrons. The van der Waals surface area contributed by atoms with E-state index in [0.29, 0.717) is 26.1 Å². The number of rotatable bonds is 9. The summed E-state index contributed by atoms with van der Waals surface area (Å²) in [4.78, 5) is 11.5. The number of carbonyl (C=O) groups is 1. The Balaban J connectivity index is 3.56. The molecule has 3 N–H and O–H groups in total. The molecule has 0 bridgehead atoms. The summed E-state index contributed by atoms with van der Waals surface area (Å²) < 4.78 is 4.90. The fourth-order valence-electron chi connectivity index (χ4n) is 1.50. The van der Waals surface area contributed by atoms with Crippen molar-refractivity contribution in [1.82, 2.24) is 5.32 Å². The summed E-state index contributed by atoms with van der Waals surface area (Å²) >= 11 is 0. The Bertz CT molecular complexity index is 193. The van der Waals surface area contributed by atoms with E-state index in [2.05, 4.69) is 19.2 Å². The third-order valence-electron chi connectivity index (χ3n) is 2.70. The molecule has 0 saturated heterocycles. The maximum absolute atomic E-state index is 11.5. The van der Waals surface area contributed by atoms with E-state index in [1.54, 1.807) is 7.11 Å². The van der Waals surface area contributed by atoms with Gasteiger partial charge >= 0.3 is 0 Å². The number of nitrogens with two attached hydrogens (primary N) is 1. The number of methoxy groups -OCH3 is 1. The first-order valence-electron chi connectivity index (χ1n) is 5.97. The summed E-state index contributed by atoms with van der Waals surface area (Å²) in [5.41, 5.74) is 5.69. The standard InChI is InChI=1S/C12H26N2O2/c1-12(2,7-8-13)6-5-11(15)14-9-4-10-16-3/h4-10,13H2,1-3H3,(H,14,15). The highest BCUT2D eigenvalue weighted by molar-refractivity contribution is 5.75. The summed E-state index contributed by atoms with van der Waals surface area (Å²) in [6.07, 6.45) is 3.30. The van der Waals surface area contributed by atoms with E-state index in [9.17, 15) is 4.79 Å². The van der Waals surface area contributed by atoms with Crippen molar-refractivity contribution >= 4 is 5.91 Å². The highest BCUT2D eigenvalue weighted by atomic mass is 16.5. The zero-order valence-corrected chi connectivity index (χ0v) is 10.8. The predicted molar refractivity (Wildman–Crippen MR) is 66.2 cm³/mol. The van der Waals surface area contributed by atoms with Crippen LogP contribution in [0, 0.1) is 5.41 Å². The zero-order chi connectivity index (χ0) is 12.4. The van der Waals surface area contributed by atoms with Crippen LogP contribution in [0.3, 0.4) is 0 Å². The third kappa shape index (κ3) is 8.68. The predicted octanol–water partition coefficient (Wildman–Crippen LogP) is 1.29. The molecule has 0 aliphatic rings.